The van der Waals surface area contributed by atoms with Crippen LogP contribution in [0.5, 0.6) is 0 Å². The highest BCUT2D eigenvalue weighted by Gasteiger charge is 2.26. The summed E-state index contributed by atoms with van der Waals surface area (Å²) in [6, 6.07) is 6.19. The Hall–Kier alpha value is -2.85. The number of carbonyl (C=O) groups excluding carboxylic acids is 2. The van der Waals surface area contributed by atoms with Gasteiger partial charge >= 0.3 is 0 Å². The van der Waals surface area contributed by atoms with E-state index in [9.17, 15) is 18.4 Å². The number of carbonyl (C=O) groups is 2. The minimum absolute atomic E-state index is 0.160. The maximum absolute atomic E-state index is 12.6. The van der Waals surface area contributed by atoms with Crippen molar-refractivity contribution in [3.8, 4) is 0 Å². The molecule has 1 aliphatic heterocycles. The van der Waals surface area contributed by atoms with Gasteiger partial charge in [-0.3, -0.25) is 18.8 Å². The van der Waals surface area contributed by atoms with Crippen LogP contribution in [0.2, 0.25) is 0 Å². The highest BCUT2D eigenvalue weighted by Crippen LogP contribution is 2.14. The van der Waals surface area contributed by atoms with E-state index in [0.717, 1.165) is 5.69 Å². The number of nitrogens with one attached hydrogen (secondary N) is 1. The molecule has 0 bridgehead atoms. The van der Waals surface area contributed by atoms with E-state index in [0.29, 0.717) is 43.1 Å². The van der Waals surface area contributed by atoms with E-state index in [4.69, 9.17) is 0 Å². The van der Waals surface area contributed by atoms with Crippen LogP contribution in [0.25, 0.3) is 0 Å². The van der Waals surface area contributed by atoms with Crippen LogP contribution in [0.15, 0.2) is 36.7 Å². The van der Waals surface area contributed by atoms with Gasteiger partial charge in [0.2, 0.25) is 0 Å². The molecule has 1 saturated heterocycles. The van der Waals surface area contributed by atoms with E-state index in [2.05, 4.69) is 14.7 Å². The van der Waals surface area contributed by atoms with E-state index >= 15 is 0 Å². The summed E-state index contributed by atoms with van der Waals surface area (Å²) >= 11 is -2.41. The molecule has 1 atom stereocenters. The lowest BCUT2D eigenvalue weighted by atomic mass is 10.1. The van der Waals surface area contributed by atoms with Gasteiger partial charge in [0.25, 0.3) is 11.8 Å². The van der Waals surface area contributed by atoms with Crippen molar-refractivity contribution in [2.75, 3.05) is 30.9 Å². The number of rotatable bonds is 4. The van der Waals surface area contributed by atoms with Crippen LogP contribution in [0.1, 0.15) is 26.5 Å². The first-order valence-electron chi connectivity index (χ1n) is 8.27. The van der Waals surface area contributed by atoms with Crippen LogP contribution in [-0.2, 0) is 11.3 Å². The second-order valence-corrected chi connectivity index (χ2v) is 6.72. The first-order valence-corrected chi connectivity index (χ1v) is 9.35. The van der Waals surface area contributed by atoms with Gasteiger partial charge in [0.05, 0.1) is 11.9 Å². The van der Waals surface area contributed by atoms with Crippen molar-refractivity contribution in [1.29, 1.82) is 0 Å². The molecule has 1 aromatic heterocycles. The maximum Gasteiger partial charge on any atom is 0.274 e. The van der Waals surface area contributed by atoms with Crippen molar-refractivity contribution < 1.29 is 18.4 Å². The van der Waals surface area contributed by atoms with E-state index in [1.165, 1.54) is 18.3 Å². The number of aromatic nitrogens is 2. The molecule has 1 aromatic carbocycles. The Balaban J connectivity index is 1.58. The summed E-state index contributed by atoms with van der Waals surface area (Å²) < 4.78 is 23.5. The van der Waals surface area contributed by atoms with Gasteiger partial charge in [-0.05, 0) is 31.2 Å². The number of hydrogen-bond donors (Lipinski definition) is 1. The third kappa shape index (κ3) is 4.66. The smallest absolute Gasteiger partial charge is 0.274 e. The number of anilines is 1. The molecule has 1 N–H and O–H groups in total. The van der Waals surface area contributed by atoms with Gasteiger partial charge < -0.3 is 19.1 Å². The maximum atomic E-state index is 12.6. The number of piperazine rings is 1. The highest BCUT2D eigenvalue weighted by atomic mass is 32.2. The lowest BCUT2D eigenvalue weighted by Crippen LogP contribution is -2.50. The Bertz CT molecular complexity index is 849. The molecule has 1 aliphatic rings. The highest BCUT2D eigenvalue weighted by molar-refractivity contribution is 7.80. The summed E-state index contributed by atoms with van der Waals surface area (Å²) in [5.41, 5.74) is 1.87. The third-order valence-corrected chi connectivity index (χ3v) is 4.59. The molecule has 2 heterocycles. The van der Waals surface area contributed by atoms with Crippen LogP contribution in [0.4, 0.5) is 5.69 Å². The molecule has 0 aliphatic carbocycles. The quantitative estimate of drug-likeness (QED) is 0.766. The largest absolute Gasteiger partial charge is 0.755 e. The molecule has 2 amide bonds. The summed E-state index contributed by atoms with van der Waals surface area (Å²) in [4.78, 5) is 36.5. The van der Waals surface area contributed by atoms with Crippen molar-refractivity contribution >= 4 is 28.8 Å². The normalized spacial score (nSPS) is 15.3. The number of amides is 2. The van der Waals surface area contributed by atoms with Crippen LogP contribution < -0.4 is 4.72 Å². The molecule has 2 aromatic rings. The van der Waals surface area contributed by atoms with Gasteiger partial charge in [-0.25, -0.2) is 4.98 Å². The Morgan fingerprint density at radius 1 is 1.00 bits per heavy atom. The number of benzene rings is 1. The van der Waals surface area contributed by atoms with E-state index in [1.54, 1.807) is 35.1 Å². The Morgan fingerprint density at radius 3 is 2.11 bits per heavy atom. The minimum atomic E-state index is -2.41. The minimum Gasteiger partial charge on any atom is -0.755 e. The molecule has 0 saturated carbocycles. The fourth-order valence-electron chi connectivity index (χ4n) is 2.74. The third-order valence-electron chi connectivity index (χ3n) is 4.19. The molecule has 9 nitrogen and oxygen atoms in total. The average Bonchev–Trinajstić information content (AvgIpc) is 2.68. The topological polar surface area (TPSA) is 119 Å². The molecule has 1 unspecified atom stereocenters. The summed E-state index contributed by atoms with van der Waals surface area (Å²) in [7, 11) is 0. The van der Waals surface area contributed by atoms with Crippen LogP contribution >= 0.6 is 0 Å². The van der Waals surface area contributed by atoms with E-state index in [-0.39, 0.29) is 11.8 Å². The second kappa shape index (κ2) is 8.23. The van der Waals surface area contributed by atoms with E-state index in [1.807, 2.05) is 0 Å². The first-order chi connectivity index (χ1) is 12.9. The van der Waals surface area contributed by atoms with Crippen LogP contribution in [0, 0.1) is 6.92 Å². The predicted octanol–water partition coefficient (Wildman–Crippen LogP) is 0.589. The van der Waals surface area contributed by atoms with Gasteiger partial charge in [-0.2, -0.15) is 0 Å². The summed E-state index contributed by atoms with van der Waals surface area (Å²) in [6.45, 7) is 3.45. The standard InChI is InChI=1S/C17H19N5O4S/c1-12-10-19-15(11-18-12)17(24)22-8-6-21(7-9-22)16(23)13-2-4-14(5-3-13)20-27(25)26/h2-5,10-11,20H,6-9H2,1H3,(H,25,26)/p-1. The van der Waals surface area contributed by atoms with Crippen molar-refractivity contribution in [1.82, 2.24) is 19.8 Å². The SMILES string of the molecule is Cc1cnc(C(=O)N2CCN(C(=O)c3ccc(NS(=O)[O-])cc3)CC2)cn1. The number of hydrogen-bond acceptors (Lipinski definition) is 6. The first kappa shape index (κ1) is 18.9. The van der Waals surface area contributed by atoms with Gasteiger partial charge in [-0.1, -0.05) is 0 Å². The fourth-order valence-corrected chi connectivity index (χ4v) is 3.07. The van der Waals surface area contributed by atoms with Crippen LogP contribution in [0.3, 0.4) is 0 Å². The Labute approximate surface area is 158 Å². The molecule has 10 heteroatoms. The zero-order chi connectivity index (χ0) is 19.4. The fraction of sp³-hybridized carbons (Fsp3) is 0.294. The van der Waals surface area contributed by atoms with Crippen molar-refractivity contribution in [3.05, 3.63) is 53.6 Å². The van der Waals surface area contributed by atoms with Gasteiger partial charge in [0, 0.05) is 54.9 Å². The molecule has 3 rings (SSSR count). The predicted molar refractivity (Wildman–Crippen MR) is 97.6 cm³/mol. The van der Waals surface area contributed by atoms with Gasteiger partial charge in [0.1, 0.15) is 5.69 Å². The average molecular weight is 388 g/mol. The Kier molecular flexibility index (Phi) is 5.77. The summed E-state index contributed by atoms with van der Waals surface area (Å²) in [5.74, 6) is -0.359. The number of aryl methyl sites for hydroxylation is 1. The second-order valence-electron chi connectivity index (χ2n) is 6.04. The lowest BCUT2D eigenvalue weighted by Gasteiger charge is -2.34. The monoisotopic (exact) mass is 388 g/mol. The van der Waals surface area contributed by atoms with Gasteiger partial charge in [0.15, 0.2) is 0 Å². The zero-order valence-electron chi connectivity index (χ0n) is 14.6. The molecule has 1 fully saturated rings. The molecular weight excluding hydrogens is 370 g/mol. The zero-order valence-corrected chi connectivity index (χ0v) is 15.4. The van der Waals surface area contributed by atoms with Crippen LogP contribution in [-0.4, -0.2) is 66.5 Å². The van der Waals surface area contributed by atoms with Crippen molar-refractivity contribution in [3.63, 3.8) is 0 Å². The lowest BCUT2D eigenvalue weighted by molar-refractivity contribution is 0.0532. The number of nitrogens with zero attached hydrogens (tertiary/aromatic N) is 4. The van der Waals surface area contributed by atoms with Crippen molar-refractivity contribution in [2.24, 2.45) is 0 Å². The molecule has 27 heavy (non-hydrogen) atoms. The molecular formula is C17H18N5O4S-. The van der Waals surface area contributed by atoms with E-state index < -0.39 is 11.3 Å². The van der Waals surface area contributed by atoms with Crippen molar-refractivity contribution in [2.45, 2.75) is 6.92 Å². The molecule has 0 spiro atoms. The Morgan fingerprint density at radius 2 is 1.59 bits per heavy atom. The molecule has 142 valence electrons. The molecule has 0 radical (unpaired) electrons. The summed E-state index contributed by atoms with van der Waals surface area (Å²) in [6.07, 6.45) is 3.01. The van der Waals surface area contributed by atoms with Gasteiger partial charge in [-0.15, -0.1) is 0 Å². The summed E-state index contributed by atoms with van der Waals surface area (Å²) in [5, 5.41) is 0.